The second-order valence-electron chi connectivity index (χ2n) is 8.55. The molecule has 0 radical (unpaired) electrons. The molecular weight excluding hydrogens is 360 g/mol. The molecule has 0 fully saturated rings. The summed E-state index contributed by atoms with van der Waals surface area (Å²) in [5, 5.41) is 11.0. The molecule has 0 saturated carbocycles. The lowest BCUT2D eigenvalue weighted by Gasteiger charge is -2.19. The van der Waals surface area contributed by atoms with E-state index in [0.29, 0.717) is 0 Å². The Morgan fingerprint density at radius 3 is 1.30 bits per heavy atom. The molecular formula is C30H20. The topological polar surface area (TPSA) is 0 Å². The quantitative estimate of drug-likeness (QED) is 0.231. The fourth-order valence-corrected chi connectivity index (χ4v) is 5.98. The van der Waals surface area contributed by atoms with E-state index < -0.39 is 0 Å². The van der Waals surface area contributed by atoms with Gasteiger partial charge in [-0.1, -0.05) is 84.9 Å². The molecule has 0 spiro atoms. The molecule has 0 saturated heterocycles. The molecule has 0 N–H and O–H groups in total. The van der Waals surface area contributed by atoms with Crippen LogP contribution in [-0.2, 0) is 0 Å². The van der Waals surface area contributed by atoms with E-state index in [1.54, 1.807) is 0 Å². The third-order valence-corrected chi connectivity index (χ3v) is 7.13. The zero-order chi connectivity index (χ0) is 20.0. The van der Waals surface area contributed by atoms with Gasteiger partial charge in [0, 0.05) is 0 Å². The molecule has 6 aromatic carbocycles. The maximum atomic E-state index is 2.33. The molecule has 7 rings (SSSR count). The molecule has 0 aromatic heterocycles. The van der Waals surface area contributed by atoms with Gasteiger partial charge >= 0.3 is 0 Å². The van der Waals surface area contributed by atoms with Crippen molar-refractivity contribution in [3.05, 3.63) is 96.1 Å². The molecule has 0 nitrogen and oxygen atoms in total. The first kappa shape index (κ1) is 16.2. The Morgan fingerprint density at radius 2 is 0.833 bits per heavy atom. The Morgan fingerprint density at radius 1 is 0.400 bits per heavy atom. The van der Waals surface area contributed by atoms with Gasteiger partial charge in [-0.05, 0) is 90.3 Å². The van der Waals surface area contributed by atoms with Crippen LogP contribution in [0, 0.1) is 13.8 Å². The third-order valence-electron chi connectivity index (χ3n) is 7.13. The van der Waals surface area contributed by atoms with Crippen molar-refractivity contribution in [3.8, 4) is 22.3 Å². The first-order valence-electron chi connectivity index (χ1n) is 10.6. The second-order valence-corrected chi connectivity index (χ2v) is 8.55. The van der Waals surface area contributed by atoms with Gasteiger partial charge in [-0.3, -0.25) is 0 Å². The number of rotatable bonds is 0. The third kappa shape index (κ3) is 1.78. The van der Waals surface area contributed by atoms with Crippen LogP contribution >= 0.6 is 0 Å². The smallest absolute Gasteiger partial charge is 0.00262 e. The van der Waals surface area contributed by atoms with E-state index >= 15 is 0 Å². The van der Waals surface area contributed by atoms with E-state index in [0.717, 1.165) is 0 Å². The normalized spacial score (nSPS) is 12.3. The van der Waals surface area contributed by atoms with Gasteiger partial charge in [0.05, 0.1) is 0 Å². The van der Waals surface area contributed by atoms with Crippen LogP contribution in [-0.4, -0.2) is 0 Å². The van der Waals surface area contributed by atoms with Crippen molar-refractivity contribution in [2.75, 3.05) is 0 Å². The number of hydrogen-bond acceptors (Lipinski definition) is 0. The summed E-state index contributed by atoms with van der Waals surface area (Å²) in [6, 6.07) is 31.3. The molecule has 0 aliphatic heterocycles. The van der Waals surface area contributed by atoms with Crippen molar-refractivity contribution in [2.45, 2.75) is 13.8 Å². The zero-order valence-corrected chi connectivity index (χ0v) is 17.1. The minimum Gasteiger partial charge on any atom is -0.0616 e. The summed E-state index contributed by atoms with van der Waals surface area (Å²) in [6.45, 7) is 4.65. The minimum atomic E-state index is 1.33. The Labute approximate surface area is 175 Å². The number of fused-ring (bicyclic) bond motifs is 9. The predicted molar refractivity (Wildman–Crippen MR) is 130 cm³/mol. The summed E-state index contributed by atoms with van der Waals surface area (Å²) in [7, 11) is 0. The molecule has 0 heteroatoms. The summed E-state index contributed by atoms with van der Waals surface area (Å²) < 4.78 is 0. The average molecular weight is 380 g/mol. The van der Waals surface area contributed by atoms with Gasteiger partial charge in [-0.2, -0.15) is 0 Å². The van der Waals surface area contributed by atoms with Crippen LogP contribution in [0.1, 0.15) is 11.1 Å². The molecule has 1 aliphatic rings. The fourth-order valence-electron chi connectivity index (χ4n) is 5.98. The summed E-state index contributed by atoms with van der Waals surface area (Å²) >= 11 is 0. The maximum absolute atomic E-state index is 2.33. The fraction of sp³-hybridized carbons (Fsp3) is 0.0667. The van der Waals surface area contributed by atoms with E-state index in [4.69, 9.17) is 0 Å². The summed E-state index contributed by atoms with van der Waals surface area (Å²) in [4.78, 5) is 0. The number of aryl methyl sites for hydroxylation is 2. The molecule has 0 bridgehead atoms. The average Bonchev–Trinajstić information content (AvgIpc) is 3.14. The van der Waals surface area contributed by atoms with Gasteiger partial charge in [0.1, 0.15) is 0 Å². The Kier molecular flexibility index (Phi) is 2.96. The Balaban J connectivity index is 1.84. The molecule has 1 aliphatic carbocycles. The predicted octanol–water partition coefficient (Wildman–Crippen LogP) is 8.56. The van der Waals surface area contributed by atoms with E-state index in [9.17, 15) is 0 Å². The number of benzene rings is 6. The van der Waals surface area contributed by atoms with Crippen LogP contribution in [0.15, 0.2) is 84.9 Å². The molecule has 0 amide bonds. The highest BCUT2D eigenvalue weighted by molar-refractivity contribution is 6.31. The molecule has 0 atom stereocenters. The largest absolute Gasteiger partial charge is 0.0616 e. The van der Waals surface area contributed by atoms with Gasteiger partial charge in [-0.15, -0.1) is 0 Å². The summed E-state index contributed by atoms with van der Waals surface area (Å²) in [5.74, 6) is 0. The lowest BCUT2D eigenvalue weighted by atomic mass is 9.84. The SMILES string of the molecule is Cc1c2c(c(C)c3c4ccccc4c4ccccc4c13)-c1cccc3cccc-2c13. The summed E-state index contributed by atoms with van der Waals surface area (Å²) in [5.41, 5.74) is 8.42. The second kappa shape index (κ2) is 5.49. The lowest BCUT2D eigenvalue weighted by molar-refractivity contribution is 1.49. The Hall–Kier alpha value is -3.64. The lowest BCUT2D eigenvalue weighted by Crippen LogP contribution is -1.94. The summed E-state index contributed by atoms with van der Waals surface area (Å²) in [6.07, 6.45) is 0. The van der Waals surface area contributed by atoms with Crippen LogP contribution in [0.4, 0.5) is 0 Å². The van der Waals surface area contributed by atoms with Crippen molar-refractivity contribution in [2.24, 2.45) is 0 Å². The first-order chi connectivity index (χ1) is 14.8. The van der Waals surface area contributed by atoms with Gasteiger partial charge in [0.15, 0.2) is 0 Å². The van der Waals surface area contributed by atoms with E-state index in [2.05, 4.69) is 98.8 Å². The van der Waals surface area contributed by atoms with E-state index in [1.165, 1.54) is 76.5 Å². The van der Waals surface area contributed by atoms with Gasteiger partial charge in [-0.25, -0.2) is 0 Å². The maximum Gasteiger partial charge on any atom is -0.00262 e. The molecule has 0 heterocycles. The number of hydrogen-bond donors (Lipinski definition) is 0. The van der Waals surface area contributed by atoms with Crippen molar-refractivity contribution in [3.63, 3.8) is 0 Å². The standard InChI is InChI=1S/C30H20/c1-17-26-22-13-5-3-11-20(22)21-12-4-6-14-23(21)27(26)18(2)29-25-16-8-10-19-9-7-15-24(28(17)29)30(19)25/h3-16H,1-2H3. The van der Waals surface area contributed by atoms with Gasteiger partial charge in [0.25, 0.3) is 0 Å². The molecule has 140 valence electrons. The van der Waals surface area contributed by atoms with Crippen molar-refractivity contribution in [1.29, 1.82) is 0 Å². The molecule has 6 aromatic rings. The van der Waals surface area contributed by atoms with E-state index in [1.807, 2.05) is 0 Å². The first-order valence-corrected chi connectivity index (χ1v) is 10.6. The highest BCUT2D eigenvalue weighted by atomic mass is 14.3. The minimum absolute atomic E-state index is 1.33. The highest BCUT2D eigenvalue weighted by Gasteiger charge is 2.27. The zero-order valence-electron chi connectivity index (χ0n) is 17.1. The van der Waals surface area contributed by atoms with Crippen LogP contribution in [0.25, 0.3) is 65.3 Å². The Bertz CT molecular complexity index is 1580. The van der Waals surface area contributed by atoms with Crippen LogP contribution in [0.3, 0.4) is 0 Å². The molecule has 30 heavy (non-hydrogen) atoms. The van der Waals surface area contributed by atoms with E-state index in [-0.39, 0.29) is 0 Å². The van der Waals surface area contributed by atoms with Crippen molar-refractivity contribution >= 4 is 43.1 Å². The molecule has 0 unspecified atom stereocenters. The van der Waals surface area contributed by atoms with Gasteiger partial charge in [0.2, 0.25) is 0 Å². The van der Waals surface area contributed by atoms with Crippen molar-refractivity contribution < 1.29 is 0 Å². The van der Waals surface area contributed by atoms with Crippen LogP contribution in [0.5, 0.6) is 0 Å². The van der Waals surface area contributed by atoms with Gasteiger partial charge < -0.3 is 0 Å². The van der Waals surface area contributed by atoms with Crippen LogP contribution < -0.4 is 0 Å². The highest BCUT2D eigenvalue weighted by Crippen LogP contribution is 2.54. The van der Waals surface area contributed by atoms with Crippen molar-refractivity contribution in [1.82, 2.24) is 0 Å². The van der Waals surface area contributed by atoms with Crippen LogP contribution in [0.2, 0.25) is 0 Å². The monoisotopic (exact) mass is 380 g/mol.